The number of carbonyl (C=O) groups excluding carboxylic acids is 1. The Labute approximate surface area is 133 Å². The van der Waals surface area contributed by atoms with E-state index in [1.807, 2.05) is 20.8 Å². The summed E-state index contributed by atoms with van der Waals surface area (Å²) in [5.74, 6) is 0. The molecule has 0 spiro atoms. The smallest absolute Gasteiger partial charge is 0.410 e. The van der Waals surface area contributed by atoms with Crippen molar-refractivity contribution in [2.24, 2.45) is 0 Å². The highest BCUT2D eigenvalue weighted by atomic mass is 16.6. The van der Waals surface area contributed by atoms with E-state index < -0.39 is 11.7 Å². The van der Waals surface area contributed by atoms with E-state index in [4.69, 9.17) is 14.2 Å². The van der Waals surface area contributed by atoms with E-state index in [0.29, 0.717) is 39.5 Å². The van der Waals surface area contributed by atoms with Gasteiger partial charge in [0, 0.05) is 39.8 Å². The minimum Gasteiger partial charge on any atom is -0.444 e. The Morgan fingerprint density at radius 1 is 1.18 bits per heavy atom. The minimum absolute atomic E-state index is 0.268. The fourth-order valence-electron chi connectivity index (χ4n) is 2.15. The minimum atomic E-state index is -0.523. The van der Waals surface area contributed by atoms with Gasteiger partial charge in [-0.2, -0.15) is 0 Å². The van der Waals surface area contributed by atoms with Crippen LogP contribution in [0.5, 0.6) is 0 Å². The molecule has 0 saturated carbocycles. The maximum atomic E-state index is 11.9. The highest BCUT2D eigenvalue weighted by molar-refractivity contribution is 5.68. The van der Waals surface area contributed by atoms with E-state index in [-0.39, 0.29) is 6.09 Å². The van der Waals surface area contributed by atoms with Gasteiger partial charge in [-0.05, 0) is 20.8 Å². The number of nitrogens with zero attached hydrogens (tertiary/aromatic N) is 2. The van der Waals surface area contributed by atoms with Crippen molar-refractivity contribution in [3.05, 3.63) is 0 Å². The summed E-state index contributed by atoms with van der Waals surface area (Å²) in [6, 6.07) is 0. The van der Waals surface area contributed by atoms with Crippen molar-refractivity contribution in [2.75, 3.05) is 59.7 Å². The van der Waals surface area contributed by atoms with Crippen LogP contribution in [0.2, 0.25) is 0 Å². The zero-order chi connectivity index (χ0) is 16.6. The number of hydrogen-bond donors (Lipinski definition) is 1. The Hall–Kier alpha value is -0.890. The summed E-state index contributed by atoms with van der Waals surface area (Å²) in [5, 5.41) is 9.92. The lowest BCUT2D eigenvalue weighted by Crippen LogP contribution is -2.51. The molecule has 0 bridgehead atoms. The number of carbonyl (C=O) groups is 1. The SMILES string of the molecule is COCCOCC(O)CN1CCN(C(=O)OC(C)(C)C)CC1. The molecule has 1 aliphatic heterocycles. The van der Waals surface area contributed by atoms with Crippen molar-refractivity contribution >= 4 is 6.09 Å². The molecule has 22 heavy (non-hydrogen) atoms. The first-order valence-electron chi connectivity index (χ1n) is 7.77. The van der Waals surface area contributed by atoms with E-state index in [9.17, 15) is 9.90 Å². The third kappa shape index (κ3) is 7.93. The molecule has 0 radical (unpaired) electrons. The van der Waals surface area contributed by atoms with Gasteiger partial charge >= 0.3 is 6.09 Å². The van der Waals surface area contributed by atoms with Crippen LogP contribution in [-0.2, 0) is 14.2 Å². The van der Waals surface area contributed by atoms with Crippen LogP contribution in [0.3, 0.4) is 0 Å². The van der Waals surface area contributed by atoms with Crippen molar-refractivity contribution in [1.29, 1.82) is 0 Å². The second-order valence-electron chi connectivity index (χ2n) is 6.49. The van der Waals surface area contributed by atoms with Gasteiger partial charge in [-0.1, -0.05) is 0 Å². The van der Waals surface area contributed by atoms with E-state index in [0.717, 1.165) is 13.1 Å². The van der Waals surface area contributed by atoms with Crippen molar-refractivity contribution in [3.63, 3.8) is 0 Å². The fourth-order valence-corrected chi connectivity index (χ4v) is 2.15. The van der Waals surface area contributed by atoms with Crippen molar-refractivity contribution < 1.29 is 24.1 Å². The Balaban J connectivity index is 2.20. The third-order valence-electron chi connectivity index (χ3n) is 3.23. The molecular weight excluding hydrogens is 288 g/mol. The van der Waals surface area contributed by atoms with Gasteiger partial charge in [-0.25, -0.2) is 4.79 Å². The molecule has 1 rings (SSSR count). The topological polar surface area (TPSA) is 71.5 Å². The summed E-state index contributed by atoms with van der Waals surface area (Å²) in [7, 11) is 1.62. The summed E-state index contributed by atoms with van der Waals surface area (Å²) in [6.45, 7) is 10.1. The molecule has 0 aromatic heterocycles. The highest BCUT2D eigenvalue weighted by Crippen LogP contribution is 2.12. The Morgan fingerprint density at radius 2 is 1.82 bits per heavy atom. The first-order valence-corrected chi connectivity index (χ1v) is 7.77. The van der Waals surface area contributed by atoms with E-state index >= 15 is 0 Å². The van der Waals surface area contributed by atoms with Crippen LogP contribution in [0.4, 0.5) is 4.79 Å². The van der Waals surface area contributed by atoms with E-state index in [1.165, 1.54) is 0 Å². The number of aliphatic hydroxyl groups excluding tert-OH is 1. The normalized spacial score (nSPS) is 18.3. The largest absolute Gasteiger partial charge is 0.444 e. The quantitative estimate of drug-likeness (QED) is 0.692. The predicted molar refractivity (Wildman–Crippen MR) is 82.9 cm³/mol. The van der Waals surface area contributed by atoms with Gasteiger partial charge in [0.2, 0.25) is 0 Å². The van der Waals surface area contributed by atoms with Crippen LogP contribution in [0.15, 0.2) is 0 Å². The molecule has 1 N–H and O–H groups in total. The molecule has 1 amide bonds. The first-order chi connectivity index (χ1) is 10.3. The molecule has 0 aromatic carbocycles. The highest BCUT2D eigenvalue weighted by Gasteiger charge is 2.26. The number of amides is 1. The van der Waals surface area contributed by atoms with Crippen LogP contribution in [0, 0.1) is 0 Å². The Bertz CT molecular complexity index is 324. The van der Waals surface area contributed by atoms with E-state index in [1.54, 1.807) is 12.0 Å². The van der Waals surface area contributed by atoms with Gasteiger partial charge in [0.25, 0.3) is 0 Å². The Morgan fingerprint density at radius 3 is 2.36 bits per heavy atom. The number of methoxy groups -OCH3 is 1. The molecule has 7 heteroatoms. The van der Waals surface area contributed by atoms with Crippen LogP contribution in [-0.4, -0.2) is 92.4 Å². The molecule has 1 unspecified atom stereocenters. The molecular formula is C15H30N2O5. The summed E-state index contributed by atoms with van der Waals surface area (Å²) < 4.78 is 15.5. The third-order valence-corrected chi connectivity index (χ3v) is 3.23. The van der Waals surface area contributed by atoms with Crippen LogP contribution in [0.1, 0.15) is 20.8 Å². The average molecular weight is 318 g/mol. The van der Waals surface area contributed by atoms with Crippen LogP contribution < -0.4 is 0 Å². The summed E-state index contributed by atoms with van der Waals surface area (Å²) in [6.07, 6.45) is -0.791. The standard InChI is InChI=1S/C15H30N2O5/c1-15(2,3)22-14(19)17-7-5-16(6-8-17)11-13(18)12-21-10-9-20-4/h13,18H,5-12H2,1-4H3. The number of hydrogen-bond acceptors (Lipinski definition) is 6. The van der Waals surface area contributed by atoms with Gasteiger partial charge in [-0.15, -0.1) is 0 Å². The van der Waals surface area contributed by atoms with E-state index in [2.05, 4.69) is 4.90 Å². The molecule has 130 valence electrons. The number of rotatable bonds is 7. The van der Waals surface area contributed by atoms with Gasteiger partial charge in [0.15, 0.2) is 0 Å². The Kier molecular flexibility index (Phi) is 8.09. The van der Waals surface area contributed by atoms with Gasteiger partial charge in [0.05, 0.1) is 25.9 Å². The summed E-state index contributed by atoms with van der Waals surface area (Å²) >= 11 is 0. The monoisotopic (exact) mass is 318 g/mol. The number of aliphatic hydroxyl groups is 1. The fraction of sp³-hybridized carbons (Fsp3) is 0.933. The molecule has 7 nitrogen and oxygen atoms in total. The molecule has 1 atom stereocenters. The van der Waals surface area contributed by atoms with Crippen LogP contribution in [0.25, 0.3) is 0 Å². The maximum Gasteiger partial charge on any atom is 0.410 e. The summed E-state index contributed by atoms with van der Waals surface area (Å²) in [5.41, 5.74) is -0.468. The predicted octanol–water partition coefficient (Wildman–Crippen LogP) is 0.563. The number of piperazine rings is 1. The van der Waals surface area contributed by atoms with Crippen LogP contribution >= 0.6 is 0 Å². The lowest BCUT2D eigenvalue weighted by Gasteiger charge is -2.36. The molecule has 1 saturated heterocycles. The molecule has 1 heterocycles. The summed E-state index contributed by atoms with van der Waals surface area (Å²) in [4.78, 5) is 15.8. The second kappa shape index (κ2) is 9.29. The zero-order valence-electron chi connectivity index (χ0n) is 14.2. The number of β-amino-alcohol motifs (C(OH)–C–C–N with tert-alkyl or cyclic N) is 1. The molecule has 1 fully saturated rings. The van der Waals surface area contributed by atoms with Gasteiger partial charge in [0.1, 0.15) is 5.60 Å². The molecule has 1 aliphatic rings. The van der Waals surface area contributed by atoms with Crippen molar-refractivity contribution in [3.8, 4) is 0 Å². The van der Waals surface area contributed by atoms with Gasteiger partial charge < -0.3 is 24.2 Å². The number of ether oxygens (including phenoxy) is 3. The lowest BCUT2D eigenvalue weighted by molar-refractivity contribution is -0.0123. The molecule has 0 aromatic rings. The van der Waals surface area contributed by atoms with Crippen molar-refractivity contribution in [2.45, 2.75) is 32.5 Å². The average Bonchev–Trinajstić information content (AvgIpc) is 2.42. The lowest BCUT2D eigenvalue weighted by atomic mass is 10.2. The second-order valence-corrected chi connectivity index (χ2v) is 6.49. The first kappa shape index (κ1) is 19.2. The van der Waals surface area contributed by atoms with Crippen molar-refractivity contribution in [1.82, 2.24) is 9.80 Å². The zero-order valence-corrected chi connectivity index (χ0v) is 14.2. The maximum absolute atomic E-state index is 11.9. The van der Waals surface area contributed by atoms with Gasteiger partial charge in [-0.3, -0.25) is 4.90 Å². The molecule has 0 aliphatic carbocycles.